The summed E-state index contributed by atoms with van der Waals surface area (Å²) in [6.45, 7) is 2.13. The minimum absolute atomic E-state index is 0.0941. The molecule has 0 spiro atoms. The average molecular weight is 277 g/mol. The van der Waals surface area contributed by atoms with E-state index in [9.17, 15) is 21.6 Å². The Morgan fingerprint density at radius 1 is 1.22 bits per heavy atom. The van der Waals surface area contributed by atoms with Gasteiger partial charge in [0.25, 0.3) is 9.84 Å². The van der Waals surface area contributed by atoms with Crippen molar-refractivity contribution < 1.29 is 21.6 Å². The Kier molecular flexibility index (Phi) is 2.89. The van der Waals surface area contributed by atoms with Gasteiger partial charge in [-0.2, -0.15) is 13.2 Å². The number of hydrogen-bond donors (Lipinski definition) is 0. The number of aromatic nitrogens is 1. The van der Waals surface area contributed by atoms with E-state index in [4.69, 9.17) is 0 Å². The van der Waals surface area contributed by atoms with Crippen LogP contribution in [0.4, 0.5) is 13.2 Å². The number of rotatable bonds is 2. The van der Waals surface area contributed by atoms with E-state index in [-0.39, 0.29) is 5.39 Å². The van der Waals surface area contributed by atoms with Crippen LogP contribution in [0, 0.1) is 0 Å². The SMILES string of the molecule is CCn1cc(S(=O)(=O)C(F)(F)F)c2ccccc21. The Hall–Kier alpha value is -1.50. The highest BCUT2D eigenvalue weighted by Crippen LogP contribution is 2.35. The molecule has 1 heterocycles. The molecule has 0 aliphatic heterocycles. The van der Waals surface area contributed by atoms with Gasteiger partial charge in [0, 0.05) is 23.6 Å². The van der Waals surface area contributed by atoms with E-state index in [1.807, 2.05) is 0 Å². The first-order valence-electron chi connectivity index (χ1n) is 5.18. The molecule has 7 heteroatoms. The van der Waals surface area contributed by atoms with Crippen molar-refractivity contribution in [3.05, 3.63) is 30.5 Å². The maximum absolute atomic E-state index is 12.6. The van der Waals surface area contributed by atoms with Gasteiger partial charge in [0.15, 0.2) is 0 Å². The van der Waals surface area contributed by atoms with Crippen LogP contribution in [-0.2, 0) is 16.4 Å². The van der Waals surface area contributed by atoms with Gasteiger partial charge in [0.2, 0.25) is 0 Å². The lowest BCUT2D eigenvalue weighted by molar-refractivity contribution is -0.0435. The van der Waals surface area contributed by atoms with E-state index in [0.29, 0.717) is 12.1 Å². The van der Waals surface area contributed by atoms with E-state index >= 15 is 0 Å². The van der Waals surface area contributed by atoms with Crippen LogP contribution in [-0.4, -0.2) is 18.5 Å². The highest BCUT2D eigenvalue weighted by Gasteiger charge is 2.48. The van der Waals surface area contributed by atoms with Crippen LogP contribution in [0.5, 0.6) is 0 Å². The number of sulfone groups is 1. The summed E-state index contributed by atoms with van der Waals surface area (Å²) in [7, 11) is -5.31. The number of halogens is 3. The molecule has 0 amide bonds. The molecular weight excluding hydrogens is 267 g/mol. The molecule has 2 rings (SSSR count). The van der Waals surface area contributed by atoms with Crippen molar-refractivity contribution in [1.82, 2.24) is 4.57 Å². The van der Waals surface area contributed by atoms with Crippen LogP contribution in [0.15, 0.2) is 35.4 Å². The third-order valence-electron chi connectivity index (χ3n) is 2.69. The summed E-state index contributed by atoms with van der Waals surface area (Å²) in [6, 6.07) is 6.13. The molecule has 0 saturated carbocycles. The number of hydrogen-bond acceptors (Lipinski definition) is 2. The quantitative estimate of drug-likeness (QED) is 0.846. The normalized spacial score (nSPS) is 13.1. The van der Waals surface area contributed by atoms with E-state index in [0.717, 1.165) is 6.20 Å². The maximum atomic E-state index is 12.6. The predicted molar refractivity (Wildman–Crippen MR) is 60.9 cm³/mol. The van der Waals surface area contributed by atoms with Crippen LogP contribution in [0.3, 0.4) is 0 Å². The first-order valence-corrected chi connectivity index (χ1v) is 6.66. The fraction of sp³-hybridized carbons (Fsp3) is 0.273. The average Bonchev–Trinajstić information content (AvgIpc) is 2.66. The molecular formula is C11H10F3NO2S. The van der Waals surface area contributed by atoms with Gasteiger partial charge < -0.3 is 4.57 Å². The third kappa shape index (κ3) is 1.78. The predicted octanol–water partition coefficient (Wildman–Crippen LogP) is 2.95. The molecule has 0 N–H and O–H groups in total. The third-order valence-corrected chi connectivity index (χ3v) is 4.20. The number of nitrogens with zero attached hydrogens (tertiary/aromatic N) is 1. The zero-order chi connectivity index (χ0) is 13.6. The Morgan fingerprint density at radius 3 is 2.39 bits per heavy atom. The minimum atomic E-state index is -5.31. The Morgan fingerprint density at radius 2 is 1.83 bits per heavy atom. The van der Waals surface area contributed by atoms with Gasteiger partial charge in [-0.1, -0.05) is 18.2 Å². The summed E-state index contributed by atoms with van der Waals surface area (Å²) < 4.78 is 62.1. The van der Waals surface area contributed by atoms with Gasteiger partial charge in [-0.3, -0.25) is 0 Å². The van der Waals surface area contributed by atoms with Gasteiger partial charge >= 0.3 is 5.51 Å². The van der Waals surface area contributed by atoms with Crippen LogP contribution in [0.25, 0.3) is 10.9 Å². The number of fused-ring (bicyclic) bond motifs is 1. The molecule has 1 aromatic heterocycles. The Balaban J connectivity index is 2.82. The fourth-order valence-electron chi connectivity index (χ4n) is 1.81. The standard InChI is InChI=1S/C11H10F3NO2S/c1-2-15-7-10(18(16,17)11(12,13)14)8-5-3-4-6-9(8)15/h3-7H,2H2,1H3. The number of para-hydroxylation sites is 1. The van der Waals surface area contributed by atoms with Crippen LogP contribution >= 0.6 is 0 Å². The summed E-state index contributed by atoms with van der Waals surface area (Å²) in [5.74, 6) is 0. The summed E-state index contributed by atoms with van der Waals surface area (Å²) >= 11 is 0. The van der Waals surface area contributed by atoms with E-state index in [2.05, 4.69) is 0 Å². The Labute approximate surface area is 102 Å². The van der Waals surface area contributed by atoms with Crippen molar-refractivity contribution in [2.75, 3.05) is 0 Å². The van der Waals surface area contributed by atoms with Gasteiger partial charge in [-0.15, -0.1) is 0 Å². The van der Waals surface area contributed by atoms with Crippen molar-refractivity contribution in [2.24, 2.45) is 0 Å². The zero-order valence-electron chi connectivity index (χ0n) is 9.40. The van der Waals surface area contributed by atoms with Gasteiger partial charge in [-0.05, 0) is 13.0 Å². The second kappa shape index (κ2) is 4.01. The van der Waals surface area contributed by atoms with Gasteiger partial charge in [0.1, 0.15) is 4.90 Å². The molecule has 0 fully saturated rings. The fourth-order valence-corrected chi connectivity index (χ4v) is 2.79. The number of alkyl halides is 3. The first-order chi connectivity index (χ1) is 8.29. The highest BCUT2D eigenvalue weighted by atomic mass is 32.2. The number of benzene rings is 1. The molecule has 0 aliphatic carbocycles. The zero-order valence-corrected chi connectivity index (χ0v) is 10.2. The molecule has 0 unspecified atom stereocenters. The van der Waals surface area contributed by atoms with Crippen LogP contribution in [0.1, 0.15) is 6.92 Å². The van der Waals surface area contributed by atoms with Gasteiger partial charge in [0.05, 0.1) is 0 Å². The van der Waals surface area contributed by atoms with Crippen LogP contribution < -0.4 is 0 Å². The van der Waals surface area contributed by atoms with Crippen molar-refractivity contribution in [2.45, 2.75) is 23.9 Å². The smallest absolute Gasteiger partial charge is 0.346 e. The summed E-state index contributed by atoms with van der Waals surface area (Å²) in [6.07, 6.45) is 1.04. The van der Waals surface area contributed by atoms with Gasteiger partial charge in [-0.25, -0.2) is 8.42 Å². The Bertz CT molecular complexity index is 686. The number of aryl methyl sites for hydroxylation is 1. The van der Waals surface area contributed by atoms with Crippen molar-refractivity contribution in [3.8, 4) is 0 Å². The highest BCUT2D eigenvalue weighted by molar-refractivity contribution is 7.92. The van der Waals surface area contributed by atoms with E-state index in [1.165, 1.54) is 16.7 Å². The molecule has 98 valence electrons. The molecule has 2 aromatic rings. The maximum Gasteiger partial charge on any atom is 0.501 e. The monoisotopic (exact) mass is 277 g/mol. The lowest BCUT2D eigenvalue weighted by Crippen LogP contribution is -2.23. The molecule has 0 bridgehead atoms. The minimum Gasteiger partial charge on any atom is -0.346 e. The largest absolute Gasteiger partial charge is 0.501 e. The van der Waals surface area contributed by atoms with E-state index in [1.54, 1.807) is 19.1 Å². The molecule has 0 atom stereocenters. The second-order valence-corrected chi connectivity index (χ2v) is 5.66. The van der Waals surface area contributed by atoms with Crippen molar-refractivity contribution in [1.29, 1.82) is 0 Å². The molecule has 0 saturated heterocycles. The molecule has 0 aliphatic rings. The first kappa shape index (κ1) is 12.9. The molecule has 18 heavy (non-hydrogen) atoms. The molecule has 0 radical (unpaired) electrons. The summed E-state index contributed by atoms with van der Waals surface area (Å²) in [5.41, 5.74) is -4.81. The summed E-state index contributed by atoms with van der Waals surface area (Å²) in [4.78, 5) is -0.688. The molecule has 1 aromatic carbocycles. The molecule has 3 nitrogen and oxygen atoms in total. The van der Waals surface area contributed by atoms with Crippen LogP contribution in [0.2, 0.25) is 0 Å². The van der Waals surface area contributed by atoms with E-state index < -0.39 is 20.2 Å². The van der Waals surface area contributed by atoms with Crippen molar-refractivity contribution in [3.63, 3.8) is 0 Å². The topological polar surface area (TPSA) is 39.1 Å². The lowest BCUT2D eigenvalue weighted by Gasteiger charge is -2.06. The lowest BCUT2D eigenvalue weighted by atomic mass is 10.2. The second-order valence-electron chi connectivity index (χ2n) is 3.75. The van der Waals surface area contributed by atoms with Crippen molar-refractivity contribution >= 4 is 20.7 Å². The summed E-state index contributed by atoms with van der Waals surface area (Å²) in [5, 5.41) is 0.0941.